The highest BCUT2D eigenvalue weighted by Crippen LogP contribution is 2.58. The quantitative estimate of drug-likeness (QED) is 0.261. The number of carbonyl (C=O) groups is 1. The van der Waals surface area contributed by atoms with Crippen LogP contribution in [0.5, 0.6) is 0 Å². The van der Waals surface area contributed by atoms with Crippen LogP contribution in [0.3, 0.4) is 0 Å². The molecular formula is C26H44O4Si. The highest BCUT2D eigenvalue weighted by Gasteiger charge is 2.56. The fourth-order valence-electron chi connectivity index (χ4n) is 6.02. The van der Waals surface area contributed by atoms with Crippen molar-refractivity contribution in [3.8, 4) is 0 Å². The molecule has 0 radical (unpaired) electrons. The molecule has 0 amide bonds. The van der Waals surface area contributed by atoms with Crippen molar-refractivity contribution in [2.24, 2.45) is 23.2 Å². The van der Waals surface area contributed by atoms with Crippen molar-refractivity contribution in [2.75, 3.05) is 20.5 Å². The van der Waals surface area contributed by atoms with E-state index < -0.39 is 8.32 Å². The Kier molecular flexibility index (Phi) is 7.42. The first-order valence-corrected chi connectivity index (χ1v) is 15.0. The van der Waals surface area contributed by atoms with Gasteiger partial charge in [0.2, 0.25) is 0 Å². The fourth-order valence-corrected chi connectivity index (χ4v) is 7.07. The molecule has 31 heavy (non-hydrogen) atoms. The summed E-state index contributed by atoms with van der Waals surface area (Å²) in [4.78, 5) is 13.6. The van der Waals surface area contributed by atoms with Crippen molar-refractivity contribution in [3.05, 3.63) is 23.3 Å². The van der Waals surface area contributed by atoms with Crippen LogP contribution in [0.2, 0.25) is 18.1 Å². The van der Waals surface area contributed by atoms with E-state index in [0.717, 1.165) is 32.3 Å². The number of allylic oxidation sites excluding steroid dienone is 2. The second-order valence-corrected chi connectivity index (χ2v) is 16.5. The smallest absolute Gasteiger partial charge is 0.191 e. The second kappa shape index (κ2) is 9.24. The van der Waals surface area contributed by atoms with Crippen molar-refractivity contribution in [3.63, 3.8) is 0 Å². The van der Waals surface area contributed by atoms with Gasteiger partial charge in [-0.3, -0.25) is 4.79 Å². The Morgan fingerprint density at radius 1 is 1.23 bits per heavy atom. The first-order chi connectivity index (χ1) is 14.4. The number of ether oxygens (including phenoxy) is 2. The van der Waals surface area contributed by atoms with Crippen molar-refractivity contribution >= 4 is 14.1 Å². The lowest BCUT2D eigenvalue weighted by atomic mass is 9.49. The molecule has 0 aliphatic heterocycles. The van der Waals surface area contributed by atoms with Crippen LogP contribution in [0.1, 0.15) is 66.7 Å². The third-order valence-corrected chi connectivity index (χ3v) is 13.3. The predicted octanol–water partition coefficient (Wildman–Crippen LogP) is 6.29. The second-order valence-electron chi connectivity index (χ2n) is 11.7. The van der Waals surface area contributed by atoms with Gasteiger partial charge in [0.1, 0.15) is 12.6 Å². The van der Waals surface area contributed by atoms with Crippen LogP contribution in [0.4, 0.5) is 0 Å². The third-order valence-electron chi connectivity index (χ3n) is 8.80. The zero-order valence-electron chi connectivity index (χ0n) is 21.0. The van der Waals surface area contributed by atoms with Crippen LogP contribution in [0.25, 0.3) is 0 Å². The molecule has 3 rings (SSSR count). The van der Waals surface area contributed by atoms with E-state index in [0.29, 0.717) is 18.1 Å². The Morgan fingerprint density at radius 3 is 2.58 bits per heavy atom. The number of ketones is 1. The molecule has 5 atom stereocenters. The summed E-state index contributed by atoms with van der Waals surface area (Å²) in [6, 6.07) is 0. The topological polar surface area (TPSA) is 44.8 Å². The number of methoxy groups -OCH3 is 1. The molecular weight excluding hydrogens is 404 g/mol. The molecule has 3 aliphatic carbocycles. The number of hydrogen-bond donors (Lipinski definition) is 0. The van der Waals surface area contributed by atoms with Crippen LogP contribution in [0, 0.1) is 23.2 Å². The summed E-state index contributed by atoms with van der Waals surface area (Å²) in [5, 5.41) is 0.208. The minimum absolute atomic E-state index is 0.00306. The summed E-state index contributed by atoms with van der Waals surface area (Å²) >= 11 is 0. The summed E-state index contributed by atoms with van der Waals surface area (Å²) in [7, 11) is -0.115. The van der Waals surface area contributed by atoms with Gasteiger partial charge in [-0.1, -0.05) is 45.4 Å². The Labute approximate surface area is 190 Å². The van der Waals surface area contributed by atoms with Gasteiger partial charge >= 0.3 is 0 Å². The molecule has 0 spiro atoms. The monoisotopic (exact) mass is 448 g/mol. The van der Waals surface area contributed by atoms with E-state index >= 15 is 0 Å². The SMILES string of the molecule is COCO[C@H]1C(C)=CC[C@@H]2[C@@H]1CC(=O)[C@@H]1C(CCO[Si](C)(C)C(C)(C)C)=CCC[C@]12C. The third kappa shape index (κ3) is 4.80. The largest absolute Gasteiger partial charge is 0.417 e. The van der Waals surface area contributed by atoms with Crippen LogP contribution >= 0.6 is 0 Å². The zero-order valence-corrected chi connectivity index (χ0v) is 22.0. The minimum atomic E-state index is -1.77. The molecule has 0 bridgehead atoms. The van der Waals surface area contributed by atoms with Crippen LogP contribution < -0.4 is 0 Å². The number of hydrogen-bond acceptors (Lipinski definition) is 4. The van der Waals surface area contributed by atoms with Gasteiger partial charge in [-0.25, -0.2) is 0 Å². The summed E-state index contributed by atoms with van der Waals surface area (Å²) < 4.78 is 17.7. The molecule has 0 aromatic heterocycles. The maximum absolute atomic E-state index is 13.6. The molecule has 0 saturated heterocycles. The van der Waals surface area contributed by atoms with Gasteiger partial charge in [-0.2, -0.15) is 0 Å². The van der Waals surface area contributed by atoms with E-state index in [1.54, 1.807) is 7.11 Å². The maximum Gasteiger partial charge on any atom is 0.191 e. The molecule has 5 heteroatoms. The summed E-state index contributed by atoms with van der Waals surface area (Å²) in [5.74, 6) is 1.19. The Balaban J connectivity index is 1.77. The number of rotatable bonds is 7. The molecule has 0 N–H and O–H groups in total. The summed E-state index contributed by atoms with van der Waals surface area (Å²) in [6.45, 7) is 17.0. The average Bonchev–Trinajstić information content (AvgIpc) is 2.66. The Bertz CT molecular complexity index is 732. The van der Waals surface area contributed by atoms with Crippen molar-refractivity contribution in [1.82, 2.24) is 0 Å². The lowest BCUT2D eigenvalue weighted by molar-refractivity contribution is -0.149. The maximum atomic E-state index is 13.6. The van der Waals surface area contributed by atoms with E-state index in [2.05, 4.69) is 59.9 Å². The van der Waals surface area contributed by atoms with Gasteiger partial charge in [0, 0.05) is 26.1 Å². The van der Waals surface area contributed by atoms with Gasteiger partial charge in [-0.15, -0.1) is 0 Å². The van der Waals surface area contributed by atoms with Crippen molar-refractivity contribution < 1.29 is 18.7 Å². The Hall–Kier alpha value is -0.753. The molecule has 1 saturated carbocycles. The molecule has 0 aromatic rings. The molecule has 176 valence electrons. The van der Waals surface area contributed by atoms with Gasteiger partial charge in [0.15, 0.2) is 8.32 Å². The number of carbonyl (C=O) groups excluding carboxylic acids is 1. The first kappa shape index (κ1) is 24.9. The van der Waals surface area contributed by atoms with Gasteiger partial charge < -0.3 is 13.9 Å². The van der Waals surface area contributed by atoms with Gasteiger partial charge in [-0.05, 0) is 73.6 Å². The van der Waals surface area contributed by atoms with E-state index in [1.165, 1.54) is 11.1 Å². The zero-order chi connectivity index (χ0) is 23.0. The van der Waals surface area contributed by atoms with Gasteiger partial charge in [0.25, 0.3) is 0 Å². The predicted molar refractivity (Wildman–Crippen MR) is 128 cm³/mol. The lowest BCUT2D eigenvalue weighted by Gasteiger charge is -2.55. The average molecular weight is 449 g/mol. The summed E-state index contributed by atoms with van der Waals surface area (Å²) in [5.41, 5.74) is 2.59. The van der Waals surface area contributed by atoms with Gasteiger partial charge in [0.05, 0.1) is 6.10 Å². The van der Waals surface area contributed by atoms with E-state index in [4.69, 9.17) is 13.9 Å². The van der Waals surface area contributed by atoms with E-state index in [9.17, 15) is 4.79 Å². The molecule has 1 fully saturated rings. The van der Waals surface area contributed by atoms with Crippen LogP contribution in [-0.2, 0) is 18.7 Å². The van der Waals surface area contributed by atoms with Crippen LogP contribution in [-0.4, -0.2) is 40.7 Å². The highest BCUT2D eigenvalue weighted by molar-refractivity contribution is 6.74. The standard InChI is InChI=1S/C26H44O4Si/c1-18-11-12-21-20(24(18)29-17-28-6)16-22(27)23-19(10-9-14-26(21,23)5)13-15-30-31(7,8)25(2,3)4/h10-11,20-21,23-24H,9,12-17H2,1-8H3/t20-,21+,23-,24-,26-/m0/s1. The summed E-state index contributed by atoms with van der Waals surface area (Å²) in [6.07, 6.45) is 9.39. The first-order valence-electron chi connectivity index (χ1n) is 12.0. The lowest BCUT2D eigenvalue weighted by Crippen LogP contribution is -2.54. The Morgan fingerprint density at radius 2 is 1.94 bits per heavy atom. The highest BCUT2D eigenvalue weighted by atomic mass is 28.4. The number of Topliss-reactive ketones (excluding diaryl/α,β-unsaturated/α-hetero) is 1. The molecule has 0 unspecified atom stereocenters. The normalized spacial score (nSPS) is 34.0. The van der Waals surface area contributed by atoms with E-state index in [1.807, 2.05) is 0 Å². The molecule has 3 aliphatic rings. The molecule has 0 aromatic carbocycles. The van der Waals surface area contributed by atoms with Crippen LogP contribution in [0.15, 0.2) is 23.3 Å². The van der Waals surface area contributed by atoms with Crippen molar-refractivity contribution in [1.29, 1.82) is 0 Å². The minimum Gasteiger partial charge on any atom is -0.417 e. The molecule has 0 heterocycles. The van der Waals surface area contributed by atoms with Crippen molar-refractivity contribution in [2.45, 2.75) is 91.0 Å². The molecule has 4 nitrogen and oxygen atoms in total. The fraction of sp³-hybridized carbons (Fsp3) is 0.808. The van der Waals surface area contributed by atoms with E-state index in [-0.39, 0.29) is 35.2 Å². The number of fused-ring (bicyclic) bond motifs is 3.